The van der Waals surface area contributed by atoms with Gasteiger partial charge in [0.25, 0.3) is 5.91 Å². The summed E-state index contributed by atoms with van der Waals surface area (Å²) in [7, 11) is 3.88. The molecule has 0 saturated heterocycles. The third kappa shape index (κ3) is 7.39. The molecule has 2 unspecified atom stereocenters. The Balaban J connectivity index is 0.00000121. The molecule has 2 amide bonds. The number of ether oxygens (including phenoxy) is 1. The summed E-state index contributed by atoms with van der Waals surface area (Å²) in [6.45, 7) is 6.98. The fourth-order valence-electron chi connectivity index (χ4n) is 4.09. The highest BCUT2D eigenvalue weighted by Crippen LogP contribution is 2.36. The second-order valence-electron chi connectivity index (χ2n) is 9.39. The summed E-state index contributed by atoms with van der Waals surface area (Å²) in [5, 5.41) is 9.88. The molecule has 2 aromatic carbocycles. The number of carbonyl (C=O) groups excluding carboxylic acids is 2. The topological polar surface area (TPSA) is 90.6 Å². The minimum Gasteiger partial charge on any atom is -0.444 e. The molecule has 0 fully saturated rings. The number of nitrogens with zero attached hydrogens (tertiary/aromatic N) is 3. The number of hydrogen-bond donors (Lipinski definition) is 2. The zero-order valence-corrected chi connectivity index (χ0v) is 22.1. The first-order valence-corrected chi connectivity index (χ1v) is 12.5. The number of hydrogen-bond acceptors (Lipinski definition) is 5. The van der Waals surface area contributed by atoms with Gasteiger partial charge in [0.2, 0.25) is 0 Å². The van der Waals surface area contributed by atoms with Gasteiger partial charge in [0.15, 0.2) is 5.82 Å². The van der Waals surface area contributed by atoms with Gasteiger partial charge in [0.05, 0.1) is 18.3 Å². The zero-order valence-electron chi connectivity index (χ0n) is 22.1. The van der Waals surface area contributed by atoms with Crippen LogP contribution in [-0.2, 0) is 17.7 Å². The Hall–Kier alpha value is -3.72. The molecule has 0 saturated carbocycles. The summed E-state index contributed by atoms with van der Waals surface area (Å²) in [6.07, 6.45) is 1.13. The van der Waals surface area contributed by atoms with E-state index in [1.54, 1.807) is 4.90 Å². The number of carbonyl (C=O) groups is 2. The van der Waals surface area contributed by atoms with E-state index in [1.807, 2.05) is 56.3 Å². The van der Waals surface area contributed by atoms with Crippen molar-refractivity contribution in [3.05, 3.63) is 82.8 Å². The van der Waals surface area contributed by atoms with Crippen molar-refractivity contribution in [2.75, 3.05) is 26.0 Å². The third-order valence-electron chi connectivity index (χ3n) is 5.83. The highest BCUT2D eigenvalue weighted by Gasteiger charge is 2.37. The molecule has 1 aliphatic heterocycles. The maximum atomic E-state index is 13.2. The van der Waals surface area contributed by atoms with Crippen LogP contribution in [0.5, 0.6) is 0 Å². The number of aromatic amines is 1. The number of H-pyrrole nitrogens is 1. The van der Waals surface area contributed by atoms with Gasteiger partial charge in [0.1, 0.15) is 11.9 Å². The predicted molar refractivity (Wildman–Crippen MR) is 142 cm³/mol. The van der Waals surface area contributed by atoms with Gasteiger partial charge in [-0.25, -0.2) is 9.18 Å². The van der Waals surface area contributed by atoms with E-state index in [0.717, 1.165) is 16.8 Å². The third-order valence-corrected chi connectivity index (χ3v) is 5.83. The zero-order chi connectivity index (χ0) is 26.9. The van der Waals surface area contributed by atoms with Crippen LogP contribution in [0.15, 0.2) is 54.6 Å². The van der Waals surface area contributed by atoms with E-state index >= 15 is 0 Å². The minimum absolute atomic E-state index is 0.255. The Bertz CT molecular complexity index is 1160. The normalized spacial score (nSPS) is 15.0. The first kappa shape index (κ1) is 27.9. The molecule has 9 heteroatoms. The number of fused-ring (bicyclic) bond motifs is 1. The fraction of sp³-hybridized carbons (Fsp3) is 0.393. The summed E-state index contributed by atoms with van der Waals surface area (Å²) >= 11 is 0. The molecule has 2 atom stereocenters. The molecule has 0 bridgehead atoms. The van der Waals surface area contributed by atoms with Crippen LogP contribution in [0.1, 0.15) is 60.4 Å². The van der Waals surface area contributed by atoms with Crippen LogP contribution in [0, 0.1) is 5.82 Å². The number of aromatic nitrogens is 2. The number of amides is 2. The summed E-state index contributed by atoms with van der Waals surface area (Å²) < 4.78 is 19.1. The van der Waals surface area contributed by atoms with Crippen molar-refractivity contribution < 1.29 is 18.7 Å². The van der Waals surface area contributed by atoms with Gasteiger partial charge in [-0.3, -0.25) is 14.8 Å². The fourth-order valence-corrected chi connectivity index (χ4v) is 4.09. The Labute approximate surface area is 217 Å². The van der Waals surface area contributed by atoms with Gasteiger partial charge >= 0.3 is 6.09 Å². The smallest absolute Gasteiger partial charge is 0.410 e. The molecule has 8 nitrogen and oxygen atoms in total. The van der Waals surface area contributed by atoms with Crippen molar-refractivity contribution in [2.45, 2.75) is 52.3 Å². The highest BCUT2D eigenvalue weighted by atomic mass is 19.1. The largest absolute Gasteiger partial charge is 0.444 e. The molecule has 4 rings (SSSR count). The van der Waals surface area contributed by atoms with Crippen LogP contribution in [0.3, 0.4) is 0 Å². The van der Waals surface area contributed by atoms with Crippen LogP contribution < -0.4 is 5.32 Å². The number of anilines is 1. The molecule has 2 N–H and O–H groups in total. The first-order valence-electron chi connectivity index (χ1n) is 12.5. The van der Waals surface area contributed by atoms with Gasteiger partial charge in [0, 0.05) is 24.1 Å². The van der Waals surface area contributed by atoms with Gasteiger partial charge in [-0.2, -0.15) is 5.10 Å². The van der Waals surface area contributed by atoms with Crippen molar-refractivity contribution in [3.63, 3.8) is 0 Å². The lowest BCUT2D eigenvalue weighted by Gasteiger charge is -2.27. The van der Waals surface area contributed by atoms with Crippen LogP contribution in [-0.4, -0.2) is 58.7 Å². The van der Waals surface area contributed by atoms with E-state index in [0.29, 0.717) is 24.3 Å². The Kier molecular flexibility index (Phi) is 9.79. The molecule has 37 heavy (non-hydrogen) atoms. The lowest BCUT2D eigenvalue weighted by Crippen LogP contribution is -2.37. The summed E-state index contributed by atoms with van der Waals surface area (Å²) in [4.78, 5) is 29.3. The van der Waals surface area contributed by atoms with Crippen molar-refractivity contribution in [3.8, 4) is 0 Å². The second kappa shape index (κ2) is 13.0. The Morgan fingerprint density at radius 2 is 1.81 bits per heavy atom. The van der Waals surface area contributed by atoms with Gasteiger partial charge in [-0.05, 0) is 50.8 Å². The van der Waals surface area contributed by atoms with Crippen LogP contribution >= 0.6 is 0 Å². The van der Waals surface area contributed by atoms with E-state index in [9.17, 15) is 14.0 Å². The van der Waals surface area contributed by atoms with Crippen molar-refractivity contribution in [1.82, 2.24) is 20.0 Å². The molecule has 0 spiro atoms. The van der Waals surface area contributed by atoms with Crippen molar-refractivity contribution >= 4 is 17.8 Å². The lowest BCUT2D eigenvalue weighted by atomic mass is 10.1. The second-order valence-corrected chi connectivity index (χ2v) is 9.39. The minimum atomic E-state index is -0.421. The highest BCUT2D eigenvalue weighted by molar-refractivity contribution is 6.04. The summed E-state index contributed by atoms with van der Waals surface area (Å²) in [5.41, 5.74) is 2.88. The Morgan fingerprint density at radius 1 is 1.16 bits per heavy atom. The molecule has 1 aliphatic rings. The van der Waals surface area contributed by atoms with Crippen LogP contribution in [0.2, 0.25) is 0 Å². The van der Waals surface area contributed by atoms with E-state index in [-0.39, 0.29) is 18.7 Å². The summed E-state index contributed by atoms with van der Waals surface area (Å²) in [6, 6.07) is 14.9. The number of benzene rings is 2. The van der Waals surface area contributed by atoms with Gasteiger partial charge < -0.3 is 15.0 Å². The van der Waals surface area contributed by atoms with E-state index in [2.05, 4.69) is 29.4 Å². The summed E-state index contributed by atoms with van der Waals surface area (Å²) in [5.74, 6) is -0.475. The van der Waals surface area contributed by atoms with Crippen LogP contribution in [0.25, 0.3) is 0 Å². The number of halogens is 1. The molecule has 198 valence electrons. The molecule has 0 radical (unpaired) electrons. The standard InChI is InChI=1S/C25H28FN5O3.C3H8/c1-16-22-21(23(29-28-22)27-24(32)18-9-11-19(26)12-10-18)15-31(16)25(33)34-20(14-30(2)3)13-17-7-5-4-6-8-17;1-3-2/h4-12,16,20H,13-15H2,1-3H3,(H2,27,28,29,32);3H2,1-2H3. The monoisotopic (exact) mass is 509 g/mol. The maximum absolute atomic E-state index is 13.2. The van der Waals surface area contributed by atoms with E-state index in [1.165, 1.54) is 30.7 Å². The van der Waals surface area contributed by atoms with Crippen molar-refractivity contribution in [1.29, 1.82) is 0 Å². The average molecular weight is 510 g/mol. The van der Waals surface area contributed by atoms with Gasteiger partial charge in [-0.15, -0.1) is 0 Å². The van der Waals surface area contributed by atoms with E-state index in [4.69, 9.17) is 4.74 Å². The SMILES string of the molecule is CC1c2[nH]nc(NC(=O)c3ccc(F)cc3)c2CN1C(=O)OC(Cc1ccccc1)CN(C)C.CCC. The maximum Gasteiger partial charge on any atom is 0.410 e. The molecule has 3 aromatic rings. The predicted octanol–water partition coefficient (Wildman–Crippen LogP) is 5.40. The molecular weight excluding hydrogens is 473 g/mol. The lowest BCUT2D eigenvalue weighted by molar-refractivity contribution is 0.0434. The number of rotatable bonds is 7. The molecule has 2 heterocycles. The Morgan fingerprint density at radius 3 is 2.43 bits per heavy atom. The van der Waals surface area contributed by atoms with E-state index < -0.39 is 17.8 Å². The number of likely N-dealkylation sites (N-methyl/N-ethyl adjacent to an activating group) is 1. The van der Waals surface area contributed by atoms with Crippen LogP contribution in [0.4, 0.5) is 15.0 Å². The molecule has 1 aromatic heterocycles. The van der Waals surface area contributed by atoms with Gasteiger partial charge in [-0.1, -0.05) is 50.6 Å². The number of nitrogens with one attached hydrogen (secondary N) is 2. The quantitative estimate of drug-likeness (QED) is 0.445. The molecular formula is C28H36FN5O3. The molecule has 0 aliphatic carbocycles. The first-order chi connectivity index (χ1) is 17.7. The van der Waals surface area contributed by atoms with Crippen molar-refractivity contribution in [2.24, 2.45) is 0 Å². The average Bonchev–Trinajstić information content (AvgIpc) is 3.40.